The number of urea groups is 1. The molecule has 0 bridgehead atoms. The average molecular weight is 450 g/mol. The maximum absolute atomic E-state index is 13.5. The summed E-state index contributed by atoms with van der Waals surface area (Å²) in [6.45, 7) is -0.501. The molecule has 1 aliphatic heterocycles. The van der Waals surface area contributed by atoms with Crippen molar-refractivity contribution in [2.45, 2.75) is 37.1 Å². The maximum Gasteiger partial charge on any atom is 0.325 e. The Morgan fingerprint density at radius 2 is 1.90 bits per heavy atom. The van der Waals surface area contributed by atoms with Crippen LogP contribution in [0, 0.1) is 0 Å². The van der Waals surface area contributed by atoms with Gasteiger partial charge in [0.2, 0.25) is 11.8 Å². The summed E-state index contributed by atoms with van der Waals surface area (Å²) in [5.41, 5.74) is -1.18. The van der Waals surface area contributed by atoms with Crippen molar-refractivity contribution in [3.8, 4) is 11.6 Å². The lowest BCUT2D eigenvalue weighted by Crippen LogP contribution is -2.51. The van der Waals surface area contributed by atoms with E-state index in [4.69, 9.17) is 16.3 Å². The zero-order valence-corrected chi connectivity index (χ0v) is 17.0. The fraction of sp³-hybridized carbons (Fsp3) is 0.333. The molecule has 1 aromatic heterocycles. The van der Waals surface area contributed by atoms with E-state index in [9.17, 15) is 23.2 Å². The molecule has 0 unspecified atom stereocenters. The summed E-state index contributed by atoms with van der Waals surface area (Å²) in [6.07, 6.45) is -0.0199. The Labute approximate surface area is 181 Å². The van der Waals surface area contributed by atoms with Crippen molar-refractivity contribution in [1.29, 1.82) is 0 Å². The van der Waals surface area contributed by atoms with Gasteiger partial charge in [0.1, 0.15) is 11.3 Å². The molecular weight excluding hydrogens is 432 g/mol. The second kappa shape index (κ2) is 7.88. The lowest BCUT2D eigenvalue weighted by atomic mass is 9.80. The van der Waals surface area contributed by atoms with Gasteiger partial charge in [0.15, 0.2) is 5.78 Å². The molecule has 7 nitrogen and oxygen atoms in total. The molecule has 31 heavy (non-hydrogen) atoms. The third kappa shape index (κ3) is 4.36. The minimum Gasteiger partial charge on any atom is -0.439 e. The number of benzene rings is 1. The Hall–Kier alpha value is -3.07. The number of amides is 3. The zero-order chi connectivity index (χ0) is 22.2. The lowest BCUT2D eigenvalue weighted by Gasteiger charge is -2.34. The topological polar surface area (TPSA) is 88.6 Å². The summed E-state index contributed by atoms with van der Waals surface area (Å²) in [5.74, 6) is -3.29. The van der Waals surface area contributed by atoms with Gasteiger partial charge in [-0.2, -0.15) is 0 Å². The van der Waals surface area contributed by atoms with Crippen LogP contribution in [0.4, 0.5) is 13.6 Å². The number of Topliss-reactive ketones (excluding diaryl/α,β-unsaturated/α-hetero) is 1. The molecule has 2 aliphatic rings. The molecule has 2 aromatic rings. The Balaban J connectivity index is 1.41. The molecule has 10 heteroatoms. The van der Waals surface area contributed by atoms with Crippen LogP contribution >= 0.6 is 11.6 Å². The number of halogens is 3. The highest BCUT2D eigenvalue weighted by atomic mass is 35.5. The number of nitrogens with zero attached hydrogens (tertiary/aromatic N) is 2. The number of hydrogen-bond acceptors (Lipinski definition) is 5. The Bertz CT molecular complexity index is 1040. The maximum atomic E-state index is 13.5. The smallest absolute Gasteiger partial charge is 0.325 e. The minimum atomic E-state index is -2.85. The van der Waals surface area contributed by atoms with Crippen molar-refractivity contribution in [2.75, 3.05) is 6.54 Å². The Kier molecular flexibility index (Phi) is 5.38. The lowest BCUT2D eigenvalue weighted by molar-refractivity contribution is -0.135. The molecule has 1 spiro atoms. The number of pyridine rings is 1. The molecule has 1 saturated heterocycles. The van der Waals surface area contributed by atoms with E-state index < -0.39 is 48.6 Å². The summed E-state index contributed by atoms with van der Waals surface area (Å²) in [7, 11) is 0. The zero-order valence-electron chi connectivity index (χ0n) is 16.2. The molecule has 1 saturated carbocycles. The number of ether oxygens (including phenoxy) is 1. The molecular formula is C21H18ClF2N3O4. The van der Waals surface area contributed by atoms with E-state index in [2.05, 4.69) is 10.3 Å². The monoisotopic (exact) mass is 449 g/mol. The van der Waals surface area contributed by atoms with Gasteiger partial charge >= 0.3 is 6.03 Å². The van der Waals surface area contributed by atoms with Gasteiger partial charge < -0.3 is 10.1 Å². The van der Waals surface area contributed by atoms with E-state index in [1.165, 1.54) is 18.3 Å². The summed E-state index contributed by atoms with van der Waals surface area (Å²) in [5, 5.41) is 3.01. The van der Waals surface area contributed by atoms with E-state index in [1.807, 2.05) is 0 Å². The molecule has 1 aliphatic carbocycles. The molecule has 0 atom stereocenters. The van der Waals surface area contributed by atoms with Crippen molar-refractivity contribution in [2.24, 2.45) is 0 Å². The number of carbonyl (C=O) groups is 3. The molecule has 3 amide bonds. The molecule has 2 fully saturated rings. The van der Waals surface area contributed by atoms with Gasteiger partial charge in [-0.3, -0.25) is 14.5 Å². The Morgan fingerprint density at radius 3 is 2.55 bits per heavy atom. The first kappa shape index (κ1) is 21.2. The largest absolute Gasteiger partial charge is 0.439 e. The molecule has 2 heterocycles. The third-order valence-corrected chi connectivity index (χ3v) is 5.69. The van der Waals surface area contributed by atoms with E-state index in [-0.39, 0.29) is 24.3 Å². The number of imide groups is 1. The molecule has 4 rings (SSSR count). The van der Waals surface area contributed by atoms with Gasteiger partial charge in [0.05, 0.1) is 6.54 Å². The first-order chi connectivity index (χ1) is 14.7. The van der Waals surface area contributed by atoms with Gasteiger partial charge in [-0.05, 0) is 37.1 Å². The van der Waals surface area contributed by atoms with E-state index in [1.54, 1.807) is 24.3 Å². The summed E-state index contributed by atoms with van der Waals surface area (Å²) >= 11 is 5.90. The van der Waals surface area contributed by atoms with Crippen LogP contribution < -0.4 is 10.1 Å². The fourth-order valence-corrected chi connectivity index (χ4v) is 3.87. The minimum absolute atomic E-state index is 0.160. The quantitative estimate of drug-likeness (QED) is 0.545. The van der Waals surface area contributed by atoms with Gasteiger partial charge in [-0.1, -0.05) is 17.7 Å². The number of alkyl halides is 2. The molecule has 1 N–H and O–H groups in total. The van der Waals surface area contributed by atoms with Crippen molar-refractivity contribution in [1.82, 2.24) is 15.2 Å². The van der Waals surface area contributed by atoms with E-state index >= 15 is 0 Å². The predicted molar refractivity (Wildman–Crippen MR) is 106 cm³/mol. The number of nitrogens with one attached hydrogen (secondary N) is 1. The first-order valence-corrected chi connectivity index (χ1v) is 10.00. The highest BCUT2D eigenvalue weighted by Gasteiger charge is 2.55. The van der Waals surface area contributed by atoms with E-state index in [0.29, 0.717) is 10.8 Å². The van der Waals surface area contributed by atoms with Crippen molar-refractivity contribution in [3.63, 3.8) is 0 Å². The Morgan fingerprint density at radius 1 is 1.16 bits per heavy atom. The highest BCUT2D eigenvalue weighted by molar-refractivity contribution is 6.30. The number of rotatable bonds is 5. The molecule has 162 valence electrons. The first-order valence-electron chi connectivity index (χ1n) is 9.62. The van der Waals surface area contributed by atoms with Gasteiger partial charge in [0.25, 0.3) is 5.91 Å². The summed E-state index contributed by atoms with van der Waals surface area (Å²) in [6, 6.07) is 8.90. The van der Waals surface area contributed by atoms with Crippen LogP contribution in [0.3, 0.4) is 0 Å². The average Bonchev–Trinajstić information content (AvgIpc) is 2.95. The van der Waals surface area contributed by atoms with Crippen LogP contribution in [0.2, 0.25) is 5.02 Å². The fourth-order valence-electron chi connectivity index (χ4n) is 3.69. The normalized spacial score (nSPS) is 19.4. The summed E-state index contributed by atoms with van der Waals surface area (Å²) in [4.78, 5) is 42.5. The van der Waals surface area contributed by atoms with Crippen LogP contribution in [-0.2, 0) is 4.79 Å². The van der Waals surface area contributed by atoms with E-state index in [0.717, 1.165) is 4.90 Å². The van der Waals surface area contributed by atoms with Crippen molar-refractivity contribution >= 4 is 29.3 Å². The molecule has 0 radical (unpaired) electrons. The van der Waals surface area contributed by atoms with Crippen LogP contribution in [0.15, 0.2) is 42.6 Å². The summed E-state index contributed by atoms with van der Waals surface area (Å²) < 4.78 is 32.5. The van der Waals surface area contributed by atoms with Crippen LogP contribution in [0.25, 0.3) is 0 Å². The van der Waals surface area contributed by atoms with Crippen molar-refractivity contribution < 1.29 is 27.9 Å². The van der Waals surface area contributed by atoms with Gasteiger partial charge in [-0.25, -0.2) is 18.6 Å². The standard InChI is InChI=1S/C21H18ClF2N3O4/c22-14-2-1-3-15(10-14)31-17-5-4-13(11-25-17)16(28)12-27-18(29)20(26-19(27)30)6-8-21(23,24)9-7-20/h1-5,10-11H,6-9,12H2,(H,26,30). The highest BCUT2D eigenvalue weighted by Crippen LogP contribution is 2.41. The van der Waals surface area contributed by atoms with Crippen molar-refractivity contribution in [3.05, 3.63) is 53.2 Å². The van der Waals surface area contributed by atoms with Crippen LogP contribution in [0.5, 0.6) is 11.6 Å². The third-order valence-electron chi connectivity index (χ3n) is 5.46. The van der Waals surface area contributed by atoms with Gasteiger partial charge in [-0.15, -0.1) is 0 Å². The van der Waals surface area contributed by atoms with Gasteiger partial charge in [0, 0.05) is 35.7 Å². The number of aromatic nitrogens is 1. The predicted octanol–water partition coefficient (Wildman–Crippen LogP) is 4.21. The molecule has 1 aromatic carbocycles. The number of hydrogen-bond donors (Lipinski definition) is 1. The second-order valence-corrected chi connectivity index (χ2v) is 8.06. The van der Waals surface area contributed by atoms with Crippen LogP contribution in [0.1, 0.15) is 36.0 Å². The second-order valence-electron chi connectivity index (χ2n) is 7.63. The SMILES string of the molecule is O=C(CN1C(=O)NC2(CCC(F)(F)CC2)C1=O)c1ccc(Oc2cccc(Cl)c2)nc1. The number of carbonyl (C=O) groups excluding carboxylic acids is 3. The van der Waals surface area contributed by atoms with Crippen LogP contribution in [-0.4, -0.2) is 45.6 Å². The number of ketones is 1.